The Morgan fingerprint density at radius 3 is 1.50 bits per heavy atom. The number of hydrogen-bond acceptors (Lipinski definition) is 4. The lowest BCUT2D eigenvalue weighted by Crippen LogP contribution is -2.40. The lowest BCUT2D eigenvalue weighted by atomic mass is 9.92. The van der Waals surface area contributed by atoms with E-state index in [9.17, 15) is 0 Å². The van der Waals surface area contributed by atoms with Gasteiger partial charge in [-0.05, 0) is 48.6 Å². The van der Waals surface area contributed by atoms with Crippen molar-refractivity contribution >= 4 is 0 Å². The van der Waals surface area contributed by atoms with Crippen molar-refractivity contribution in [1.82, 2.24) is 29.3 Å². The van der Waals surface area contributed by atoms with Crippen LogP contribution in [0.1, 0.15) is 52.2 Å². The van der Waals surface area contributed by atoms with E-state index in [2.05, 4.69) is 81.6 Å². The number of aromatic nitrogens is 4. The minimum atomic E-state index is 0.752. The van der Waals surface area contributed by atoms with Crippen molar-refractivity contribution in [2.75, 3.05) is 26.2 Å². The fourth-order valence-corrected chi connectivity index (χ4v) is 5.51. The molecule has 0 amide bonds. The molecule has 0 saturated carbocycles. The molecule has 154 valence electrons. The highest BCUT2D eigenvalue weighted by Gasteiger charge is 2.26. The number of hydrogen-bond donors (Lipinski definition) is 0. The van der Waals surface area contributed by atoms with Crippen LogP contribution >= 0.6 is 0 Å². The molecule has 2 aliphatic rings. The van der Waals surface area contributed by atoms with Gasteiger partial charge in [-0.2, -0.15) is 0 Å². The van der Waals surface area contributed by atoms with Gasteiger partial charge in [-0.3, -0.25) is 14.5 Å². The third-order valence-corrected chi connectivity index (χ3v) is 6.21. The average molecular weight is 385 g/mol. The van der Waals surface area contributed by atoms with Crippen molar-refractivity contribution in [2.45, 2.75) is 53.6 Å². The Morgan fingerprint density at radius 1 is 0.714 bits per heavy atom. The quantitative estimate of drug-likeness (QED) is 0.793. The van der Waals surface area contributed by atoms with Crippen molar-refractivity contribution < 1.29 is 0 Å². The molecule has 4 heterocycles. The van der Waals surface area contributed by atoms with E-state index in [-0.39, 0.29) is 0 Å². The van der Waals surface area contributed by atoms with E-state index in [0.717, 1.165) is 74.6 Å². The minimum absolute atomic E-state index is 0.752. The van der Waals surface area contributed by atoms with Crippen LogP contribution in [0, 0.1) is 23.7 Å². The predicted molar refractivity (Wildman–Crippen MR) is 112 cm³/mol. The van der Waals surface area contributed by atoms with Crippen molar-refractivity contribution in [3.8, 4) is 0 Å². The van der Waals surface area contributed by atoms with E-state index in [1.165, 1.54) is 12.8 Å². The van der Waals surface area contributed by atoms with Crippen molar-refractivity contribution in [3.63, 3.8) is 0 Å². The molecule has 0 aromatic carbocycles. The highest BCUT2D eigenvalue weighted by atomic mass is 15.5. The fourth-order valence-electron chi connectivity index (χ4n) is 5.51. The van der Waals surface area contributed by atoms with Crippen LogP contribution in [-0.4, -0.2) is 55.5 Å². The van der Waals surface area contributed by atoms with E-state index in [1.54, 1.807) is 0 Å². The zero-order valence-corrected chi connectivity index (χ0v) is 18.0. The van der Waals surface area contributed by atoms with Gasteiger partial charge in [0.25, 0.3) is 0 Å². The Labute approximate surface area is 169 Å². The van der Waals surface area contributed by atoms with Gasteiger partial charge >= 0.3 is 0 Å². The van der Waals surface area contributed by atoms with Crippen LogP contribution in [0.3, 0.4) is 0 Å². The SMILES string of the molecule is C[C@@H]1C[C@H](C)CN(Cc2nnc(CN3C[C@@H](C)C[C@H](C)C3)n2-n2cccc2)C1. The maximum atomic E-state index is 4.64. The molecule has 2 aliphatic heterocycles. The molecule has 0 bridgehead atoms. The summed E-state index contributed by atoms with van der Waals surface area (Å²) in [5.41, 5.74) is 0. The molecule has 6 nitrogen and oxygen atoms in total. The summed E-state index contributed by atoms with van der Waals surface area (Å²) in [5.74, 6) is 5.10. The first kappa shape index (κ1) is 19.6. The monoisotopic (exact) mass is 384 g/mol. The second-order valence-electron chi connectivity index (χ2n) is 9.69. The molecule has 2 aromatic rings. The van der Waals surface area contributed by atoms with Crippen LogP contribution in [0.15, 0.2) is 24.5 Å². The largest absolute Gasteiger partial charge is 0.295 e. The summed E-state index contributed by atoms with van der Waals surface area (Å²) in [6.07, 6.45) is 6.85. The second-order valence-corrected chi connectivity index (χ2v) is 9.69. The first-order chi connectivity index (χ1) is 13.5. The molecule has 2 fully saturated rings. The highest BCUT2D eigenvalue weighted by Crippen LogP contribution is 2.24. The lowest BCUT2D eigenvalue weighted by Gasteiger charge is -2.35. The standard InChI is InChI=1S/C22H36N6/c1-17-9-18(2)12-25(11-17)15-21-23-24-22(28(21)27-7-5-6-8-27)16-26-13-19(3)10-20(4)14-26/h5-8,17-20H,9-16H2,1-4H3/t17-,18-,19-,20+/m0/s1. The van der Waals surface area contributed by atoms with Gasteiger partial charge in [-0.15, -0.1) is 10.2 Å². The van der Waals surface area contributed by atoms with Crippen LogP contribution < -0.4 is 0 Å². The van der Waals surface area contributed by atoms with Gasteiger partial charge in [0.05, 0.1) is 13.1 Å². The van der Waals surface area contributed by atoms with E-state index in [0.29, 0.717) is 0 Å². The van der Waals surface area contributed by atoms with Crippen LogP contribution in [0.5, 0.6) is 0 Å². The van der Waals surface area contributed by atoms with Gasteiger partial charge in [0, 0.05) is 38.6 Å². The Balaban J connectivity index is 1.56. The third kappa shape index (κ3) is 4.49. The molecule has 6 heteroatoms. The molecular weight excluding hydrogens is 348 g/mol. The molecule has 0 radical (unpaired) electrons. The van der Waals surface area contributed by atoms with Crippen LogP contribution in [0.25, 0.3) is 0 Å². The van der Waals surface area contributed by atoms with Crippen LogP contribution in [0.4, 0.5) is 0 Å². The molecule has 2 saturated heterocycles. The zero-order valence-electron chi connectivity index (χ0n) is 18.0. The topological polar surface area (TPSA) is 42.1 Å². The first-order valence-corrected chi connectivity index (χ1v) is 11.0. The summed E-state index contributed by atoms with van der Waals surface area (Å²) in [4.78, 5) is 5.11. The van der Waals surface area contributed by atoms with Gasteiger partial charge in [-0.1, -0.05) is 27.7 Å². The molecule has 2 aromatic heterocycles. The van der Waals surface area contributed by atoms with Gasteiger partial charge < -0.3 is 0 Å². The maximum Gasteiger partial charge on any atom is 0.167 e. The molecule has 0 spiro atoms. The summed E-state index contributed by atoms with van der Waals surface area (Å²) in [6.45, 7) is 15.8. The number of likely N-dealkylation sites (tertiary alicyclic amines) is 2. The summed E-state index contributed by atoms with van der Waals surface area (Å²) < 4.78 is 4.37. The molecule has 4 atom stereocenters. The van der Waals surface area contributed by atoms with E-state index >= 15 is 0 Å². The molecule has 0 unspecified atom stereocenters. The molecule has 28 heavy (non-hydrogen) atoms. The van der Waals surface area contributed by atoms with Gasteiger partial charge in [0.1, 0.15) is 0 Å². The Kier molecular flexibility index (Phi) is 5.88. The normalized spacial score (nSPS) is 30.0. The molecule has 4 rings (SSSR count). The van der Waals surface area contributed by atoms with E-state index < -0.39 is 0 Å². The molecule has 0 aliphatic carbocycles. The van der Waals surface area contributed by atoms with Gasteiger partial charge in [0.2, 0.25) is 0 Å². The molecule has 0 N–H and O–H groups in total. The van der Waals surface area contributed by atoms with E-state index in [1.807, 2.05) is 0 Å². The summed E-state index contributed by atoms with van der Waals surface area (Å²) >= 11 is 0. The summed E-state index contributed by atoms with van der Waals surface area (Å²) in [6, 6.07) is 4.15. The summed E-state index contributed by atoms with van der Waals surface area (Å²) in [5, 5.41) is 9.29. The van der Waals surface area contributed by atoms with Crippen molar-refractivity contribution in [3.05, 3.63) is 36.2 Å². The average Bonchev–Trinajstić information content (AvgIpc) is 3.23. The second kappa shape index (κ2) is 8.37. The van der Waals surface area contributed by atoms with Gasteiger partial charge in [0.15, 0.2) is 11.6 Å². The zero-order chi connectivity index (χ0) is 19.7. The Hall–Kier alpha value is -1.66. The predicted octanol–water partition coefficient (Wildman–Crippen LogP) is 3.35. The fraction of sp³-hybridized carbons (Fsp3) is 0.727. The highest BCUT2D eigenvalue weighted by molar-refractivity contribution is 5.02. The lowest BCUT2D eigenvalue weighted by molar-refractivity contribution is 0.125. The van der Waals surface area contributed by atoms with Crippen molar-refractivity contribution in [1.29, 1.82) is 0 Å². The molecular formula is C22H36N6. The first-order valence-electron chi connectivity index (χ1n) is 11.0. The number of nitrogens with zero attached hydrogens (tertiary/aromatic N) is 6. The van der Waals surface area contributed by atoms with Crippen LogP contribution in [-0.2, 0) is 13.1 Å². The van der Waals surface area contributed by atoms with Crippen molar-refractivity contribution in [2.24, 2.45) is 23.7 Å². The van der Waals surface area contributed by atoms with Crippen LogP contribution in [0.2, 0.25) is 0 Å². The Morgan fingerprint density at radius 2 is 1.11 bits per heavy atom. The van der Waals surface area contributed by atoms with E-state index in [4.69, 9.17) is 0 Å². The maximum absolute atomic E-state index is 4.64. The number of piperidine rings is 2. The summed E-state index contributed by atoms with van der Waals surface area (Å²) in [7, 11) is 0. The number of rotatable bonds is 5. The smallest absolute Gasteiger partial charge is 0.167 e. The van der Waals surface area contributed by atoms with Gasteiger partial charge in [-0.25, -0.2) is 4.68 Å². The minimum Gasteiger partial charge on any atom is -0.295 e. The third-order valence-electron chi connectivity index (χ3n) is 6.21. The Bertz CT molecular complexity index is 686.